The quantitative estimate of drug-likeness (QED) is 0.467. The maximum absolute atomic E-state index is 13.2. The number of aliphatic hydroxyl groups excluding tert-OH is 1. The normalized spacial score (nSPS) is 19.3. The average molecular weight is 463 g/mol. The molecule has 0 bridgehead atoms. The zero-order valence-corrected chi connectivity index (χ0v) is 17.5. The van der Waals surface area contributed by atoms with Crippen molar-refractivity contribution in [1.29, 1.82) is 0 Å². The van der Waals surface area contributed by atoms with Gasteiger partial charge in [0.25, 0.3) is 5.91 Å². The summed E-state index contributed by atoms with van der Waals surface area (Å²) in [5.74, 6) is 0.00389. The maximum atomic E-state index is 13.2. The highest BCUT2D eigenvalue weighted by Crippen LogP contribution is 2.55. The van der Waals surface area contributed by atoms with Crippen LogP contribution in [0.4, 0.5) is 4.39 Å². The van der Waals surface area contributed by atoms with Gasteiger partial charge in [0.05, 0.1) is 6.04 Å². The number of aromatic nitrogens is 1. The van der Waals surface area contributed by atoms with Gasteiger partial charge in [0.2, 0.25) is 0 Å². The van der Waals surface area contributed by atoms with Crippen molar-refractivity contribution in [2.45, 2.75) is 22.9 Å². The molecule has 1 aromatic carbocycles. The Balaban J connectivity index is 1.67. The Labute approximate surface area is 179 Å². The van der Waals surface area contributed by atoms with Gasteiger partial charge in [-0.15, -0.1) is 0 Å². The van der Waals surface area contributed by atoms with Gasteiger partial charge < -0.3 is 10.4 Å². The molecule has 0 spiro atoms. The first kappa shape index (κ1) is 22.3. The van der Waals surface area contributed by atoms with Gasteiger partial charge in [-0.2, -0.15) is 10.6 Å². The summed E-state index contributed by atoms with van der Waals surface area (Å²) in [6.07, 6.45) is 0.445. The lowest BCUT2D eigenvalue weighted by Gasteiger charge is -2.46. The number of hydrogen-bond donors (Lipinski definition) is 4. The molecule has 4 N–H and O–H groups in total. The Bertz CT molecular complexity index is 844. The van der Waals surface area contributed by atoms with Crippen molar-refractivity contribution >= 4 is 39.7 Å². The van der Waals surface area contributed by atoms with Gasteiger partial charge in [0.1, 0.15) is 12.8 Å². The van der Waals surface area contributed by atoms with Crippen LogP contribution in [0.5, 0.6) is 0 Å². The van der Waals surface area contributed by atoms with Crippen molar-refractivity contribution in [3.8, 4) is 11.1 Å². The number of aliphatic hydroxyl groups is 1. The third-order valence-electron chi connectivity index (χ3n) is 4.80. The van der Waals surface area contributed by atoms with E-state index in [1.807, 2.05) is 12.1 Å². The van der Waals surface area contributed by atoms with Crippen LogP contribution in [0, 0.1) is 0 Å². The van der Waals surface area contributed by atoms with Crippen LogP contribution in [0.25, 0.3) is 11.1 Å². The van der Waals surface area contributed by atoms with Crippen LogP contribution in [0.15, 0.2) is 42.6 Å². The smallest absolute Gasteiger partial charge is 0.253 e. The maximum Gasteiger partial charge on any atom is 0.253 e. The molecule has 1 aromatic heterocycles. The summed E-state index contributed by atoms with van der Waals surface area (Å²) in [7, 11) is -2.41. The van der Waals surface area contributed by atoms with E-state index < -0.39 is 40.2 Å². The third kappa shape index (κ3) is 5.39. The number of carbonyl (C=O) groups is 1. The summed E-state index contributed by atoms with van der Waals surface area (Å²) >= 11 is 10.9. The zero-order chi connectivity index (χ0) is 21.2. The van der Waals surface area contributed by atoms with E-state index in [9.17, 15) is 23.4 Å². The summed E-state index contributed by atoms with van der Waals surface area (Å²) in [5, 5.41) is 12.6. The monoisotopic (exact) mass is 462 g/mol. The molecule has 1 aliphatic heterocycles. The number of nitrogens with zero attached hydrogens (tertiary/aromatic N) is 1. The molecule has 1 aliphatic rings. The first-order valence-electron chi connectivity index (χ1n) is 8.82. The molecule has 0 unspecified atom stereocenters. The van der Waals surface area contributed by atoms with E-state index in [4.69, 9.17) is 23.2 Å². The van der Waals surface area contributed by atoms with Gasteiger partial charge in [-0.3, -0.25) is 18.9 Å². The predicted octanol–water partition coefficient (Wildman–Crippen LogP) is 3.89. The molecule has 2 heterocycles. The zero-order valence-electron chi connectivity index (χ0n) is 15.2. The van der Waals surface area contributed by atoms with Crippen LogP contribution in [0.3, 0.4) is 0 Å². The number of alkyl halides is 3. The minimum absolute atomic E-state index is 0.0694. The average Bonchev–Trinajstić information content (AvgIpc) is 2.69. The van der Waals surface area contributed by atoms with Crippen LogP contribution in [-0.4, -0.2) is 54.2 Å². The van der Waals surface area contributed by atoms with Crippen LogP contribution in [-0.2, 0) is 4.79 Å². The van der Waals surface area contributed by atoms with Crippen molar-refractivity contribution in [3.63, 3.8) is 0 Å². The minimum Gasteiger partial charge on any atom is -0.386 e. The van der Waals surface area contributed by atoms with E-state index in [0.717, 1.165) is 16.8 Å². The topological polar surface area (TPSA) is 103 Å². The number of nitrogens with one attached hydrogen (secondary N) is 1. The number of carbonyl (C=O) groups excluding carboxylic acids is 1. The Morgan fingerprint density at radius 3 is 2.28 bits per heavy atom. The molecule has 158 valence electrons. The largest absolute Gasteiger partial charge is 0.386 e. The van der Waals surface area contributed by atoms with E-state index in [1.54, 1.807) is 30.5 Å². The molecular weight excluding hydrogens is 442 g/mol. The summed E-state index contributed by atoms with van der Waals surface area (Å²) in [5.41, 5.74) is 2.95. The standard InChI is InChI=1S/C19H21Cl2FN2O4S/c20-18(21)19(26)24-16(7-22)17(25)12-3-1-11(2-4-12)13-5-6-15(23-8-13)14-9-29(27,28)10-14/h1-6,8,14,16-18,25,27-28H,7,9-10H2,(H,24,26)/t16-,17-/m1/s1. The van der Waals surface area contributed by atoms with Gasteiger partial charge >= 0.3 is 0 Å². The van der Waals surface area contributed by atoms with Crippen LogP contribution in [0.2, 0.25) is 0 Å². The van der Waals surface area contributed by atoms with Crippen molar-refractivity contribution in [3.05, 3.63) is 53.9 Å². The number of pyridine rings is 1. The second-order valence-electron chi connectivity index (χ2n) is 6.94. The predicted molar refractivity (Wildman–Crippen MR) is 113 cm³/mol. The number of amides is 1. The van der Waals surface area contributed by atoms with E-state index in [1.165, 1.54) is 0 Å². The second-order valence-corrected chi connectivity index (χ2v) is 10.3. The first-order valence-corrected chi connectivity index (χ1v) is 11.6. The lowest BCUT2D eigenvalue weighted by molar-refractivity contribution is -0.121. The van der Waals surface area contributed by atoms with Gasteiger partial charge in [-0.25, -0.2) is 4.39 Å². The number of rotatable bonds is 7. The van der Waals surface area contributed by atoms with Crippen LogP contribution in [0.1, 0.15) is 23.3 Å². The fourth-order valence-electron chi connectivity index (χ4n) is 3.14. The molecule has 0 saturated carbocycles. The fraction of sp³-hybridized carbons (Fsp3) is 0.368. The molecule has 1 amide bonds. The van der Waals surface area contributed by atoms with Gasteiger partial charge in [-0.1, -0.05) is 53.5 Å². The lowest BCUT2D eigenvalue weighted by atomic mass is 9.99. The highest BCUT2D eigenvalue weighted by atomic mass is 35.5. The second kappa shape index (κ2) is 9.16. The summed E-state index contributed by atoms with van der Waals surface area (Å²) in [6.45, 7) is -0.980. The number of halogens is 3. The first-order chi connectivity index (χ1) is 13.7. The molecule has 6 nitrogen and oxygen atoms in total. The Morgan fingerprint density at radius 2 is 1.79 bits per heavy atom. The van der Waals surface area contributed by atoms with Crippen molar-refractivity contribution < 1.29 is 23.4 Å². The van der Waals surface area contributed by atoms with Crippen LogP contribution < -0.4 is 5.32 Å². The van der Waals surface area contributed by atoms with Crippen molar-refractivity contribution in [1.82, 2.24) is 10.3 Å². The highest BCUT2D eigenvalue weighted by molar-refractivity contribution is 8.25. The minimum atomic E-state index is -2.41. The Hall–Kier alpha value is -1.42. The molecule has 10 heteroatoms. The summed E-state index contributed by atoms with van der Waals surface area (Å²) < 4.78 is 32.3. The van der Waals surface area contributed by atoms with E-state index in [-0.39, 0.29) is 5.92 Å². The molecule has 3 rings (SSSR count). The number of benzene rings is 1. The molecule has 2 aromatic rings. The van der Waals surface area contributed by atoms with E-state index in [2.05, 4.69) is 10.3 Å². The Morgan fingerprint density at radius 1 is 1.17 bits per heavy atom. The van der Waals surface area contributed by atoms with Crippen molar-refractivity contribution in [2.24, 2.45) is 0 Å². The number of hydrogen-bond acceptors (Lipinski definition) is 5. The fourth-order valence-corrected chi connectivity index (χ4v) is 4.80. The van der Waals surface area contributed by atoms with Crippen molar-refractivity contribution in [2.75, 3.05) is 18.2 Å². The summed E-state index contributed by atoms with van der Waals surface area (Å²) in [4.78, 5) is 14.6. The van der Waals surface area contributed by atoms with Gasteiger partial charge in [-0.05, 0) is 17.2 Å². The van der Waals surface area contributed by atoms with Gasteiger partial charge in [0.15, 0.2) is 4.84 Å². The molecule has 0 aliphatic carbocycles. The van der Waals surface area contributed by atoms with E-state index in [0.29, 0.717) is 17.1 Å². The van der Waals surface area contributed by atoms with Crippen LogP contribution >= 0.6 is 33.8 Å². The molecular formula is C19H21Cl2FN2O4S. The lowest BCUT2D eigenvalue weighted by Crippen LogP contribution is -2.43. The molecule has 0 radical (unpaired) electrons. The molecule has 1 saturated heterocycles. The summed E-state index contributed by atoms with van der Waals surface area (Å²) in [6, 6.07) is 9.40. The molecule has 2 atom stereocenters. The van der Waals surface area contributed by atoms with Gasteiger partial charge in [0, 0.05) is 34.9 Å². The third-order valence-corrected chi connectivity index (χ3v) is 7.07. The van der Waals surface area contributed by atoms with E-state index >= 15 is 0 Å². The SMILES string of the molecule is O=C(N[C@H](CF)[C@H](O)c1ccc(-c2ccc(C3CS(O)(O)C3)nc2)cc1)C(Cl)Cl. The molecule has 29 heavy (non-hydrogen) atoms. The highest BCUT2D eigenvalue weighted by Gasteiger charge is 2.35. The molecule has 1 fully saturated rings. The Kier molecular flexibility index (Phi) is 7.03.